The Morgan fingerprint density at radius 1 is 1.44 bits per heavy atom. The van der Waals surface area contributed by atoms with Gasteiger partial charge in [-0.15, -0.1) is 0 Å². The molecule has 94 valence electrons. The number of nitrogens with one attached hydrogen (secondary N) is 2. The lowest BCUT2D eigenvalue weighted by Gasteiger charge is -2.13. The third-order valence-corrected chi connectivity index (χ3v) is 2.45. The predicted octanol–water partition coefficient (Wildman–Crippen LogP) is -1.99. The second kappa shape index (κ2) is 6.25. The molecule has 1 amide bonds. The normalized spacial score (nSPS) is 12.9. The van der Waals surface area contributed by atoms with Crippen LogP contribution in [0.15, 0.2) is 0 Å². The van der Waals surface area contributed by atoms with Crippen LogP contribution in [-0.4, -0.2) is 50.5 Å². The van der Waals surface area contributed by atoms with Crippen molar-refractivity contribution < 1.29 is 33.0 Å². The molecule has 0 radical (unpaired) electrons. The number of aliphatic hydroxyl groups excluding tert-OH is 1. The smallest absolute Gasteiger partial charge is 0.421 e. The lowest BCUT2D eigenvalue weighted by atomic mass is 10.2. The Labute approximate surface area is 91.6 Å². The molecule has 0 aliphatic heterocycles. The maximum absolute atomic E-state index is 11.1. The topological polar surface area (TPSA) is 142 Å². The van der Waals surface area contributed by atoms with E-state index in [9.17, 15) is 18.0 Å². The third kappa shape index (κ3) is 5.48. The Bertz CT molecular complexity index is 352. The molecule has 0 bridgehead atoms. The molecule has 10 heteroatoms. The van der Waals surface area contributed by atoms with Gasteiger partial charge < -0.3 is 14.9 Å². The number of carbonyl (C=O) groups is 2. The van der Waals surface area contributed by atoms with Crippen LogP contribution in [0.4, 0.5) is 4.79 Å². The number of carbonyl (C=O) groups excluding carboxylic acids is 1. The molecule has 0 unspecified atom stereocenters. The second-order valence-electron chi connectivity index (χ2n) is 2.62. The average molecular weight is 256 g/mol. The minimum Gasteiger partial charge on any atom is -0.480 e. The zero-order chi connectivity index (χ0) is 12.8. The van der Waals surface area contributed by atoms with E-state index in [1.165, 1.54) is 4.72 Å². The Morgan fingerprint density at radius 3 is 2.38 bits per heavy atom. The monoisotopic (exact) mass is 256 g/mol. The second-order valence-corrected chi connectivity index (χ2v) is 4.06. The first-order valence-electron chi connectivity index (χ1n) is 4.04. The zero-order valence-electron chi connectivity index (χ0n) is 8.34. The number of carboxylic acid groups (broad SMARTS) is 1. The standard InChI is InChI=1S/C6H12N2O7S/c1-15-6(12)8-16(13,14)7-4(2-3-9)5(10)11/h4,7,9H,2-3H2,1H3,(H,8,12)(H,10,11)/t4-/m0/s1. The van der Waals surface area contributed by atoms with Crippen LogP contribution in [0.25, 0.3) is 0 Å². The minimum absolute atomic E-state index is 0.322. The molecule has 0 fully saturated rings. The summed E-state index contributed by atoms with van der Waals surface area (Å²) < 4.78 is 29.3. The van der Waals surface area contributed by atoms with Gasteiger partial charge in [0.25, 0.3) is 0 Å². The summed E-state index contributed by atoms with van der Waals surface area (Å²) in [7, 11) is -3.37. The largest absolute Gasteiger partial charge is 0.480 e. The number of hydrogen-bond acceptors (Lipinski definition) is 6. The van der Waals surface area contributed by atoms with E-state index in [4.69, 9.17) is 10.2 Å². The first kappa shape index (κ1) is 14.6. The minimum atomic E-state index is -4.33. The highest BCUT2D eigenvalue weighted by Gasteiger charge is 2.24. The fraction of sp³-hybridized carbons (Fsp3) is 0.667. The van der Waals surface area contributed by atoms with Gasteiger partial charge in [0.2, 0.25) is 0 Å². The van der Waals surface area contributed by atoms with Gasteiger partial charge in [0, 0.05) is 6.61 Å². The summed E-state index contributed by atoms with van der Waals surface area (Å²) in [5.41, 5.74) is 0. The van der Waals surface area contributed by atoms with Crippen molar-refractivity contribution in [1.29, 1.82) is 0 Å². The van der Waals surface area contributed by atoms with E-state index in [-0.39, 0.29) is 6.42 Å². The van der Waals surface area contributed by atoms with Crippen LogP contribution in [0, 0.1) is 0 Å². The molecule has 0 aliphatic carbocycles. The summed E-state index contributed by atoms with van der Waals surface area (Å²) in [5, 5.41) is 17.1. The number of hydrogen-bond donors (Lipinski definition) is 4. The summed E-state index contributed by atoms with van der Waals surface area (Å²) >= 11 is 0. The molecule has 1 atom stereocenters. The molecule has 0 spiro atoms. The van der Waals surface area contributed by atoms with Gasteiger partial charge in [-0.2, -0.15) is 13.1 Å². The van der Waals surface area contributed by atoms with Gasteiger partial charge in [-0.05, 0) is 6.42 Å². The number of amides is 1. The molecule has 0 heterocycles. The van der Waals surface area contributed by atoms with Crippen LogP contribution in [-0.2, 0) is 19.7 Å². The number of methoxy groups -OCH3 is 1. The van der Waals surface area contributed by atoms with Crippen molar-refractivity contribution in [2.45, 2.75) is 12.5 Å². The van der Waals surface area contributed by atoms with Crippen molar-refractivity contribution >= 4 is 22.3 Å². The van der Waals surface area contributed by atoms with Crippen molar-refractivity contribution in [2.24, 2.45) is 0 Å². The van der Waals surface area contributed by atoms with Crippen LogP contribution in [0.5, 0.6) is 0 Å². The highest BCUT2D eigenvalue weighted by molar-refractivity contribution is 7.88. The van der Waals surface area contributed by atoms with Crippen LogP contribution >= 0.6 is 0 Å². The van der Waals surface area contributed by atoms with Gasteiger partial charge in [-0.25, -0.2) is 9.52 Å². The fourth-order valence-corrected chi connectivity index (χ4v) is 1.68. The van der Waals surface area contributed by atoms with Gasteiger partial charge in [0.05, 0.1) is 7.11 Å². The molecule has 0 saturated carbocycles. The van der Waals surface area contributed by atoms with E-state index in [2.05, 4.69) is 4.74 Å². The van der Waals surface area contributed by atoms with Crippen molar-refractivity contribution in [3.63, 3.8) is 0 Å². The summed E-state index contributed by atoms with van der Waals surface area (Å²) in [6, 6.07) is -1.52. The molecule has 16 heavy (non-hydrogen) atoms. The number of aliphatic hydroxyl groups is 1. The first-order valence-corrected chi connectivity index (χ1v) is 5.52. The highest BCUT2D eigenvalue weighted by Crippen LogP contribution is 1.94. The maximum Gasteiger partial charge on any atom is 0.421 e. The van der Waals surface area contributed by atoms with Crippen molar-refractivity contribution in [3.05, 3.63) is 0 Å². The summed E-state index contributed by atoms with van der Waals surface area (Å²) in [6.07, 6.45) is -1.57. The van der Waals surface area contributed by atoms with Crippen LogP contribution in [0.2, 0.25) is 0 Å². The zero-order valence-corrected chi connectivity index (χ0v) is 9.15. The van der Waals surface area contributed by atoms with E-state index >= 15 is 0 Å². The quantitative estimate of drug-likeness (QED) is 0.431. The summed E-state index contributed by atoms with van der Waals surface area (Å²) in [4.78, 5) is 21.1. The first-order chi connectivity index (χ1) is 7.32. The van der Waals surface area contributed by atoms with E-state index in [1.54, 1.807) is 4.72 Å². The van der Waals surface area contributed by atoms with E-state index in [0.717, 1.165) is 7.11 Å². The molecule has 0 aliphatic rings. The molecule has 0 saturated heterocycles. The van der Waals surface area contributed by atoms with Gasteiger partial charge >= 0.3 is 22.3 Å². The fourth-order valence-electron chi connectivity index (χ4n) is 0.730. The third-order valence-electron chi connectivity index (χ3n) is 1.42. The molecule has 9 nitrogen and oxygen atoms in total. The lowest BCUT2D eigenvalue weighted by molar-refractivity contribution is -0.139. The lowest BCUT2D eigenvalue weighted by Crippen LogP contribution is -2.48. The Hall–Kier alpha value is -1.39. The maximum atomic E-state index is 11.1. The molecular weight excluding hydrogens is 244 g/mol. The van der Waals surface area contributed by atoms with Gasteiger partial charge in [0.15, 0.2) is 0 Å². The molecule has 4 N–H and O–H groups in total. The predicted molar refractivity (Wildman–Crippen MR) is 50.7 cm³/mol. The van der Waals surface area contributed by atoms with Gasteiger partial charge in [-0.3, -0.25) is 4.79 Å². The number of carboxylic acids is 1. The number of aliphatic carboxylic acids is 1. The Morgan fingerprint density at radius 2 is 2.00 bits per heavy atom. The van der Waals surface area contributed by atoms with E-state index in [1.807, 2.05) is 0 Å². The van der Waals surface area contributed by atoms with E-state index < -0.39 is 34.9 Å². The molecule has 0 aromatic rings. The van der Waals surface area contributed by atoms with Crippen molar-refractivity contribution in [2.75, 3.05) is 13.7 Å². The highest BCUT2D eigenvalue weighted by atomic mass is 32.2. The molecule has 0 aromatic carbocycles. The van der Waals surface area contributed by atoms with Crippen molar-refractivity contribution in [1.82, 2.24) is 9.44 Å². The Kier molecular flexibility index (Phi) is 5.71. The summed E-state index contributed by atoms with van der Waals surface area (Å²) in [5.74, 6) is -1.47. The average Bonchev–Trinajstić information content (AvgIpc) is 2.15. The number of rotatable bonds is 6. The van der Waals surface area contributed by atoms with E-state index in [0.29, 0.717) is 0 Å². The van der Waals surface area contributed by atoms with Crippen LogP contribution < -0.4 is 9.44 Å². The molecular formula is C6H12N2O7S. The van der Waals surface area contributed by atoms with Gasteiger partial charge in [0.1, 0.15) is 6.04 Å². The van der Waals surface area contributed by atoms with Gasteiger partial charge in [-0.1, -0.05) is 0 Å². The summed E-state index contributed by atoms with van der Waals surface area (Å²) in [6.45, 7) is -0.516. The molecule has 0 rings (SSSR count). The number of ether oxygens (including phenoxy) is 1. The Balaban J connectivity index is 4.54. The van der Waals surface area contributed by atoms with Crippen LogP contribution in [0.1, 0.15) is 6.42 Å². The van der Waals surface area contributed by atoms with Crippen LogP contribution in [0.3, 0.4) is 0 Å². The SMILES string of the molecule is COC(=O)NS(=O)(=O)N[C@@H](CCO)C(=O)O. The molecule has 0 aromatic heterocycles. The van der Waals surface area contributed by atoms with Crippen molar-refractivity contribution in [3.8, 4) is 0 Å².